The van der Waals surface area contributed by atoms with Crippen LogP contribution in [0, 0.1) is 0 Å². The Balaban J connectivity index is 1.53. The second kappa shape index (κ2) is 7.26. The van der Waals surface area contributed by atoms with Crippen LogP contribution in [-0.4, -0.2) is 54.4 Å². The molecule has 0 aliphatic carbocycles. The molecule has 1 aromatic carbocycles. The summed E-state index contributed by atoms with van der Waals surface area (Å²) >= 11 is 0. The molecule has 0 bridgehead atoms. The van der Waals surface area contributed by atoms with Crippen molar-refractivity contribution >= 4 is 17.6 Å². The van der Waals surface area contributed by atoms with Crippen molar-refractivity contribution in [3.8, 4) is 0 Å². The number of anilines is 1. The van der Waals surface area contributed by atoms with Gasteiger partial charge in [-0.25, -0.2) is 4.98 Å². The van der Waals surface area contributed by atoms with E-state index < -0.39 is 0 Å². The van der Waals surface area contributed by atoms with Crippen molar-refractivity contribution < 1.29 is 9.59 Å². The van der Waals surface area contributed by atoms with Crippen molar-refractivity contribution in [2.45, 2.75) is 30.7 Å². The average molecular weight is 378 g/mol. The van der Waals surface area contributed by atoms with Gasteiger partial charge in [-0.15, -0.1) is 0 Å². The molecule has 1 spiro atoms. The summed E-state index contributed by atoms with van der Waals surface area (Å²) in [4.78, 5) is 33.8. The smallest absolute Gasteiger partial charge is 0.254 e. The Morgan fingerprint density at radius 2 is 1.86 bits per heavy atom. The van der Waals surface area contributed by atoms with Crippen LogP contribution < -0.4 is 10.2 Å². The van der Waals surface area contributed by atoms with Gasteiger partial charge in [0.2, 0.25) is 5.91 Å². The first-order chi connectivity index (χ1) is 13.6. The summed E-state index contributed by atoms with van der Waals surface area (Å²) in [6, 6.07) is 13.7. The van der Waals surface area contributed by atoms with E-state index in [1.807, 2.05) is 48.3 Å². The predicted molar refractivity (Wildman–Crippen MR) is 108 cm³/mol. The summed E-state index contributed by atoms with van der Waals surface area (Å²) in [5.74, 6) is 0.751. The molecule has 28 heavy (non-hydrogen) atoms. The zero-order valence-electron chi connectivity index (χ0n) is 16.4. The Bertz CT molecular complexity index is 875. The molecule has 0 saturated carbocycles. The van der Waals surface area contributed by atoms with Crippen molar-refractivity contribution in [2.24, 2.45) is 0 Å². The summed E-state index contributed by atoms with van der Waals surface area (Å²) in [6.45, 7) is 1.56. The third-order valence-corrected chi connectivity index (χ3v) is 6.38. The maximum absolute atomic E-state index is 13.0. The minimum Gasteiger partial charge on any atom is -0.356 e. The molecule has 2 amide bonds. The monoisotopic (exact) mass is 378 g/mol. The van der Waals surface area contributed by atoms with Gasteiger partial charge in [-0.2, -0.15) is 0 Å². The van der Waals surface area contributed by atoms with E-state index in [1.54, 1.807) is 19.3 Å². The topological polar surface area (TPSA) is 65.5 Å². The Morgan fingerprint density at radius 3 is 2.54 bits per heavy atom. The molecule has 2 aliphatic heterocycles. The number of nitrogens with zero attached hydrogens (tertiary/aromatic N) is 3. The minimum absolute atomic E-state index is 0.0611. The van der Waals surface area contributed by atoms with Gasteiger partial charge in [0.25, 0.3) is 5.91 Å². The van der Waals surface area contributed by atoms with Gasteiger partial charge in [-0.3, -0.25) is 9.59 Å². The second-order valence-corrected chi connectivity index (χ2v) is 7.73. The van der Waals surface area contributed by atoms with E-state index >= 15 is 0 Å². The predicted octanol–water partition coefficient (Wildman–Crippen LogP) is 2.43. The van der Waals surface area contributed by atoms with E-state index in [1.165, 1.54) is 0 Å². The van der Waals surface area contributed by atoms with Crippen molar-refractivity contribution in [1.29, 1.82) is 0 Å². The molecule has 1 N–H and O–H groups in total. The van der Waals surface area contributed by atoms with Crippen LogP contribution in [0.3, 0.4) is 0 Å². The highest BCUT2D eigenvalue weighted by molar-refractivity contribution is 5.98. The lowest BCUT2D eigenvalue weighted by molar-refractivity contribution is -0.131. The van der Waals surface area contributed by atoms with E-state index in [0.29, 0.717) is 5.56 Å². The molecule has 0 radical (unpaired) electrons. The van der Waals surface area contributed by atoms with E-state index in [9.17, 15) is 9.59 Å². The molecule has 2 fully saturated rings. The number of likely N-dealkylation sites (N-methyl/N-ethyl adjacent to an activating group) is 1. The van der Waals surface area contributed by atoms with Gasteiger partial charge in [0.15, 0.2) is 0 Å². The number of piperidine rings is 1. The van der Waals surface area contributed by atoms with Crippen LogP contribution in [0.4, 0.5) is 5.82 Å². The number of pyridine rings is 1. The van der Waals surface area contributed by atoms with E-state index in [-0.39, 0.29) is 23.3 Å². The minimum atomic E-state index is -0.124. The molecule has 146 valence electrons. The number of hydrogen-bond acceptors (Lipinski definition) is 4. The third kappa shape index (κ3) is 3.03. The number of rotatable bonds is 3. The van der Waals surface area contributed by atoms with Gasteiger partial charge < -0.3 is 15.1 Å². The first-order valence-corrected chi connectivity index (χ1v) is 9.80. The fourth-order valence-electron chi connectivity index (χ4n) is 4.65. The summed E-state index contributed by atoms with van der Waals surface area (Å²) < 4.78 is 0. The molecule has 0 unspecified atom stereocenters. The van der Waals surface area contributed by atoms with Gasteiger partial charge in [0.1, 0.15) is 5.82 Å². The Hall–Kier alpha value is -2.89. The quantitative estimate of drug-likeness (QED) is 0.891. The summed E-state index contributed by atoms with van der Waals surface area (Å²) in [5.41, 5.74) is 1.58. The summed E-state index contributed by atoms with van der Waals surface area (Å²) in [7, 11) is 3.57. The molecule has 2 aromatic rings. The van der Waals surface area contributed by atoms with Crippen LogP contribution >= 0.6 is 0 Å². The molecule has 6 nitrogen and oxygen atoms in total. The fourth-order valence-corrected chi connectivity index (χ4v) is 4.65. The Morgan fingerprint density at radius 1 is 1.14 bits per heavy atom. The number of carbonyl (C=O) groups is 2. The van der Waals surface area contributed by atoms with Crippen LogP contribution in [0.1, 0.15) is 41.1 Å². The largest absolute Gasteiger partial charge is 0.356 e. The first-order valence-electron chi connectivity index (χ1n) is 9.80. The molecule has 2 saturated heterocycles. The van der Waals surface area contributed by atoms with Crippen molar-refractivity contribution in [3.63, 3.8) is 0 Å². The number of aromatic nitrogens is 1. The maximum Gasteiger partial charge on any atom is 0.254 e. The zero-order valence-corrected chi connectivity index (χ0v) is 16.4. The molecule has 2 aliphatic rings. The highest BCUT2D eigenvalue weighted by atomic mass is 16.2. The lowest BCUT2D eigenvalue weighted by Crippen LogP contribution is -2.52. The average Bonchev–Trinajstić information content (AvgIpc) is 2.99. The molecule has 1 atom stereocenters. The number of nitrogens with one attached hydrogen (secondary N) is 1. The summed E-state index contributed by atoms with van der Waals surface area (Å²) in [6.07, 6.45) is 4.33. The van der Waals surface area contributed by atoms with Gasteiger partial charge in [0, 0.05) is 38.9 Å². The van der Waals surface area contributed by atoms with Crippen LogP contribution in [0.2, 0.25) is 0 Å². The SMILES string of the molecule is CNC(=O)c1cccnc1N1CCC2(CC1)C[C@@H](c1ccccc1)C(=O)N2C. The van der Waals surface area contributed by atoms with Crippen molar-refractivity contribution in [1.82, 2.24) is 15.2 Å². The van der Waals surface area contributed by atoms with Crippen molar-refractivity contribution in [2.75, 3.05) is 32.1 Å². The Kier molecular flexibility index (Phi) is 4.79. The van der Waals surface area contributed by atoms with Gasteiger partial charge in [-0.05, 0) is 37.0 Å². The van der Waals surface area contributed by atoms with Crippen molar-refractivity contribution in [3.05, 3.63) is 59.8 Å². The van der Waals surface area contributed by atoms with Crippen LogP contribution in [0.5, 0.6) is 0 Å². The van der Waals surface area contributed by atoms with Gasteiger partial charge >= 0.3 is 0 Å². The van der Waals surface area contributed by atoms with E-state index in [2.05, 4.69) is 15.2 Å². The number of benzene rings is 1. The first kappa shape index (κ1) is 18.5. The van der Waals surface area contributed by atoms with Crippen LogP contribution in [-0.2, 0) is 4.79 Å². The lowest BCUT2D eigenvalue weighted by Gasteiger charge is -2.44. The molecule has 4 rings (SSSR count). The lowest BCUT2D eigenvalue weighted by atomic mass is 9.81. The molecule has 1 aromatic heterocycles. The fraction of sp³-hybridized carbons (Fsp3) is 0.409. The molecule has 3 heterocycles. The van der Waals surface area contributed by atoms with Gasteiger partial charge in [-0.1, -0.05) is 30.3 Å². The molecule has 6 heteroatoms. The van der Waals surface area contributed by atoms with E-state index in [4.69, 9.17) is 0 Å². The molecular formula is C22H26N4O2. The zero-order chi connectivity index (χ0) is 19.7. The number of carbonyl (C=O) groups excluding carboxylic acids is 2. The molecular weight excluding hydrogens is 352 g/mol. The van der Waals surface area contributed by atoms with Gasteiger partial charge in [0.05, 0.1) is 11.5 Å². The number of likely N-dealkylation sites (tertiary alicyclic amines) is 1. The van der Waals surface area contributed by atoms with Crippen LogP contribution in [0.25, 0.3) is 0 Å². The highest BCUT2D eigenvalue weighted by Gasteiger charge is 2.50. The van der Waals surface area contributed by atoms with Crippen LogP contribution in [0.15, 0.2) is 48.7 Å². The Labute approximate surface area is 165 Å². The highest BCUT2D eigenvalue weighted by Crippen LogP contribution is 2.45. The number of hydrogen-bond donors (Lipinski definition) is 1. The summed E-state index contributed by atoms with van der Waals surface area (Å²) in [5, 5.41) is 2.69. The standard InChI is InChI=1S/C22H26N4O2/c1-23-20(27)17-9-6-12-24-19(17)26-13-10-22(11-14-26)15-18(21(28)25(22)2)16-7-4-3-5-8-16/h3-9,12,18H,10-11,13-15H2,1-2H3,(H,23,27)/t18-/m0/s1. The maximum atomic E-state index is 13.0. The number of amides is 2. The third-order valence-electron chi connectivity index (χ3n) is 6.38. The second-order valence-electron chi connectivity index (χ2n) is 7.73. The normalized spacial score (nSPS) is 21.2. The van der Waals surface area contributed by atoms with E-state index in [0.717, 1.165) is 43.7 Å².